The number of rotatable bonds is 1. The molecule has 8 heavy (non-hydrogen) atoms. The van der Waals surface area contributed by atoms with Crippen molar-refractivity contribution in [3.05, 3.63) is 0 Å². The summed E-state index contributed by atoms with van der Waals surface area (Å²) in [6.07, 6.45) is 0. The van der Waals surface area contributed by atoms with E-state index in [0.717, 1.165) is 5.75 Å². The van der Waals surface area contributed by atoms with Gasteiger partial charge in [-0.15, -0.1) is 0 Å². The molecule has 0 aliphatic rings. The van der Waals surface area contributed by atoms with Crippen LogP contribution in [-0.2, 0) is 0 Å². The van der Waals surface area contributed by atoms with Crippen LogP contribution < -0.4 is 5.73 Å². The molecule has 0 heterocycles. The van der Waals surface area contributed by atoms with Gasteiger partial charge in [-0.25, -0.2) is 0 Å². The Balaban J connectivity index is -0.000000125. The van der Waals surface area contributed by atoms with E-state index in [4.69, 9.17) is 5.73 Å². The average molecular weight is 157 g/mol. The van der Waals surface area contributed by atoms with Gasteiger partial charge in [0.15, 0.2) is 0 Å². The van der Waals surface area contributed by atoms with E-state index in [1.165, 1.54) is 11.8 Å². The fourth-order valence-corrected chi connectivity index (χ4v) is 0.780. The molecule has 5 heteroatoms. The van der Waals surface area contributed by atoms with Crippen LogP contribution >= 0.6 is 24.0 Å². The first kappa shape index (κ1) is 15.7. The molecular formula is C3H11NO2S2. The van der Waals surface area contributed by atoms with E-state index in [2.05, 4.69) is 12.2 Å². The van der Waals surface area contributed by atoms with Crippen LogP contribution in [0.1, 0.15) is 6.92 Å². The Labute approximate surface area is 58.3 Å². The van der Waals surface area contributed by atoms with Gasteiger partial charge in [-0.3, -0.25) is 0 Å². The predicted molar refractivity (Wildman–Crippen MR) is 42.1 cm³/mol. The third-order valence-electron chi connectivity index (χ3n) is 0.287. The summed E-state index contributed by atoms with van der Waals surface area (Å²) in [5.41, 5.74) is 5.10. The van der Waals surface area contributed by atoms with Gasteiger partial charge in [0, 0.05) is 0 Å². The standard InChI is InChI=1S/C3H7NS2.2H2O/c1-2-6-3(4)5;;/h2H2,1H3,(H2,4,5);2*1H2. The number of hydrogen-bond acceptors (Lipinski definition) is 2. The van der Waals surface area contributed by atoms with Crippen molar-refractivity contribution in [3.63, 3.8) is 0 Å². The second-order valence-corrected chi connectivity index (χ2v) is 2.76. The first-order chi connectivity index (χ1) is 2.77. The lowest BCUT2D eigenvalue weighted by Crippen LogP contribution is -2.00. The highest BCUT2D eigenvalue weighted by atomic mass is 32.2. The van der Waals surface area contributed by atoms with E-state index in [9.17, 15) is 0 Å². The molecule has 0 radical (unpaired) electrons. The van der Waals surface area contributed by atoms with Gasteiger partial charge in [-0.1, -0.05) is 30.9 Å². The minimum atomic E-state index is 0. The van der Waals surface area contributed by atoms with Crippen molar-refractivity contribution < 1.29 is 11.0 Å². The van der Waals surface area contributed by atoms with E-state index in [0.29, 0.717) is 4.32 Å². The highest BCUT2D eigenvalue weighted by Crippen LogP contribution is 1.95. The van der Waals surface area contributed by atoms with Crippen molar-refractivity contribution in [3.8, 4) is 0 Å². The molecule has 0 spiro atoms. The lowest BCUT2D eigenvalue weighted by atomic mass is 11.0. The molecule has 0 rings (SSSR count). The predicted octanol–water partition coefficient (Wildman–Crippen LogP) is -0.666. The molecule has 0 aliphatic heterocycles. The zero-order valence-electron chi connectivity index (χ0n) is 4.60. The Morgan fingerprint density at radius 1 is 1.62 bits per heavy atom. The molecule has 0 atom stereocenters. The minimum Gasteiger partial charge on any atom is -0.412 e. The van der Waals surface area contributed by atoms with Crippen LogP contribution in [0.25, 0.3) is 0 Å². The van der Waals surface area contributed by atoms with Gasteiger partial charge in [0.25, 0.3) is 0 Å². The van der Waals surface area contributed by atoms with Gasteiger partial charge in [0.05, 0.1) is 0 Å². The summed E-state index contributed by atoms with van der Waals surface area (Å²) >= 11 is 6.03. The number of nitrogens with two attached hydrogens (primary N) is 1. The van der Waals surface area contributed by atoms with Crippen LogP contribution in [0.5, 0.6) is 0 Å². The third kappa shape index (κ3) is 16.4. The number of thioether (sulfide) groups is 1. The SMILES string of the molecule is CCSC(N)=S.O.O. The van der Waals surface area contributed by atoms with E-state index < -0.39 is 0 Å². The molecule has 0 aromatic heterocycles. The summed E-state index contributed by atoms with van der Waals surface area (Å²) < 4.78 is 0.539. The summed E-state index contributed by atoms with van der Waals surface area (Å²) in [5.74, 6) is 0.981. The third-order valence-corrected chi connectivity index (χ3v) is 1.21. The first-order valence-corrected chi connectivity index (χ1v) is 3.09. The summed E-state index contributed by atoms with van der Waals surface area (Å²) in [6, 6.07) is 0. The Hall–Kier alpha value is 0.160. The van der Waals surface area contributed by atoms with Gasteiger partial charge < -0.3 is 16.7 Å². The largest absolute Gasteiger partial charge is 0.412 e. The summed E-state index contributed by atoms with van der Waals surface area (Å²) in [4.78, 5) is 0. The molecular weight excluding hydrogens is 146 g/mol. The number of hydrogen-bond donors (Lipinski definition) is 1. The maximum absolute atomic E-state index is 5.10. The van der Waals surface area contributed by atoms with Crippen LogP contribution in [-0.4, -0.2) is 21.0 Å². The number of thiocarbonyl (C=S) groups is 1. The molecule has 0 fully saturated rings. The van der Waals surface area contributed by atoms with Gasteiger partial charge in [-0.2, -0.15) is 0 Å². The molecule has 0 unspecified atom stereocenters. The minimum absolute atomic E-state index is 0. The van der Waals surface area contributed by atoms with Crippen molar-refractivity contribution in [1.29, 1.82) is 0 Å². The monoisotopic (exact) mass is 157 g/mol. The van der Waals surface area contributed by atoms with Crippen LogP contribution in [0.2, 0.25) is 0 Å². The lowest BCUT2D eigenvalue weighted by Gasteiger charge is -1.85. The molecule has 0 bridgehead atoms. The Bertz CT molecular complexity index is 59.2. The summed E-state index contributed by atoms with van der Waals surface area (Å²) in [7, 11) is 0. The Morgan fingerprint density at radius 2 is 2.00 bits per heavy atom. The fraction of sp³-hybridized carbons (Fsp3) is 0.667. The molecule has 0 aromatic carbocycles. The van der Waals surface area contributed by atoms with Gasteiger partial charge in [0.2, 0.25) is 0 Å². The van der Waals surface area contributed by atoms with Gasteiger partial charge in [0.1, 0.15) is 4.32 Å². The highest BCUT2D eigenvalue weighted by molar-refractivity contribution is 8.22. The van der Waals surface area contributed by atoms with Crippen molar-refractivity contribution in [2.24, 2.45) is 5.73 Å². The van der Waals surface area contributed by atoms with E-state index in [1.807, 2.05) is 6.92 Å². The quantitative estimate of drug-likeness (QED) is 0.512. The molecule has 0 saturated carbocycles. The normalized spacial score (nSPS) is 6.12. The van der Waals surface area contributed by atoms with Crippen LogP contribution in [0, 0.1) is 0 Å². The second kappa shape index (κ2) is 10.2. The van der Waals surface area contributed by atoms with Gasteiger partial charge in [-0.05, 0) is 5.75 Å². The molecule has 3 nitrogen and oxygen atoms in total. The van der Waals surface area contributed by atoms with Crippen molar-refractivity contribution in [1.82, 2.24) is 0 Å². The molecule has 0 aliphatic carbocycles. The molecule has 0 saturated heterocycles. The Kier molecular flexibility index (Phi) is 20.0. The zero-order valence-corrected chi connectivity index (χ0v) is 6.23. The topological polar surface area (TPSA) is 89.0 Å². The highest BCUT2D eigenvalue weighted by Gasteiger charge is 1.79. The van der Waals surface area contributed by atoms with Crippen LogP contribution in [0.15, 0.2) is 0 Å². The molecule has 0 amide bonds. The van der Waals surface area contributed by atoms with Crippen LogP contribution in [0.3, 0.4) is 0 Å². The maximum atomic E-state index is 5.10. The molecule has 52 valence electrons. The fourth-order valence-electron chi connectivity index (χ4n) is 0.142. The average Bonchev–Trinajstić information content (AvgIpc) is 1.35. The maximum Gasteiger partial charge on any atom is 0.131 e. The molecule has 6 N–H and O–H groups in total. The summed E-state index contributed by atoms with van der Waals surface area (Å²) in [5, 5.41) is 0. The van der Waals surface area contributed by atoms with Gasteiger partial charge >= 0.3 is 0 Å². The second-order valence-electron chi connectivity index (χ2n) is 0.752. The molecule has 0 aromatic rings. The smallest absolute Gasteiger partial charge is 0.131 e. The van der Waals surface area contributed by atoms with E-state index in [1.54, 1.807) is 0 Å². The Morgan fingerprint density at radius 3 is 2.00 bits per heavy atom. The summed E-state index contributed by atoms with van der Waals surface area (Å²) in [6.45, 7) is 2.02. The lowest BCUT2D eigenvalue weighted by molar-refractivity contribution is 0.823. The van der Waals surface area contributed by atoms with Crippen LogP contribution in [0.4, 0.5) is 0 Å². The van der Waals surface area contributed by atoms with Crippen molar-refractivity contribution >= 4 is 28.3 Å². The van der Waals surface area contributed by atoms with E-state index >= 15 is 0 Å². The zero-order chi connectivity index (χ0) is 4.99. The van der Waals surface area contributed by atoms with Crippen molar-refractivity contribution in [2.75, 3.05) is 5.75 Å². The van der Waals surface area contributed by atoms with E-state index in [-0.39, 0.29) is 11.0 Å². The first-order valence-electron chi connectivity index (χ1n) is 1.69. The van der Waals surface area contributed by atoms with Crippen molar-refractivity contribution in [2.45, 2.75) is 6.92 Å².